The van der Waals surface area contributed by atoms with Crippen LogP contribution in [-0.2, 0) is 9.53 Å². The summed E-state index contributed by atoms with van der Waals surface area (Å²) in [6.45, 7) is 0.885. The van der Waals surface area contributed by atoms with Crippen LogP contribution in [0.2, 0.25) is 0 Å². The number of nitrogen functional groups attached to an aromatic ring is 1. The minimum atomic E-state index is -1.22. The average molecular weight is 591 g/mol. The Kier molecular flexibility index (Phi) is 8.50. The number of fused-ring (bicyclic) bond motifs is 1. The van der Waals surface area contributed by atoms with E-state index in [1.165, 1.54) is 19.1 Å². The van der Waals surface area contributed by atoms with Crippen LogP contribution in [0.1, 0.15) is 44.6 Å². The fraction of sp³-hybridized carbons (Fsp3) is 0.276. The third-order valence-electron chi connectivity index (χ3n) is 7.00. The minimum Gasteiger partial charge on any atom is -0.497 e. The van der Waals surface area contributed by atoms with Gasteiger partial charge in [-0.05, 0) is 60.3 Å². The molecule has 1 saturated heterocycles. The number of primary amides is 1. The molecule has 42 heavy (non-hydrogen) atoms. The van der Waals surface area contributed by atoms with Crippen molar-refractivity contribution < 1.29 is 28.6 Å². The molecular formula is C29H30N6O6S. The van der Waals surface area contributed by atoms with Crippen molar-refractivity contribution in [3.8, 4) is 11.5 Å². The Labute approximate surface area is 245 Å². The van der Waals surface area contributed by atoms with Crippen molar-refractivity contribution in [1.29, 1.82) is 0 Å². The monoisotopic (exact) mass is 590 g/mol. The molecule has 1 fully saturated rings. The molecule has 1 aliphatic heterocycles. The highest BCUT2D eigenvalue weighted by Gasteiger charge is 2.38. The Morgan fingerprint density at radius 3 is 2.69 bits per heavy atom. The van der Waals surface area contributed by atoms with E-state index in [0.29, 0.717) is 23.7 Å². The molecule has 218 valence electrons. The number of amides is 3. The summed E-state index contributed by atoms with van der Waals surface area (Å²) in [4.78, 5) is 46.2. The maximum Gasteiger partial charge on any atom is 0.273 e. The summed E-state index contributed by atoms with van der Waals surface area (Å²) < 4.78 is 20.8. The molecule has 3 heterocycles. The molecule has 5 rings (SSSR count). The normalized spacial score (nSPS) is 15.2. The first-order chi connectivity index (χ1) is 20.3. The van der Waals surface area contributed by atoms with Crippen LogP contribution < -0.4 is 31.2 Å². The Bertz CT molecular complexity index is 1640. The second kappa shape index (κ2) is 12.4. The second-order valence-corrected chi connectivity index (χ2v) is 10.4. The fourth-order valence-corrected chi connectivity index (χ4v) is 5.63. The van der Waals surface area contributed by atoms with Crippen molar-refractivity contribution in [2.45, 2.75) is 25.0 Å². The Hall–Kier alpha value is -4.75. The maximum atomic E-state index is 14.5. The fourth-order valence-electron chi connectivity index (χ4n) is 4.89. The third kappa shape index (κ3) is 5.69. The van der Waals surface area contributed by atoms with Crippen LogP contribution >= 0.6 is 11.5 Å². The lowest BCUT2D eigenvalue weighted by atomic mass is 10.00. The number of nitrogens with zero attached hydrogens (tertiary/aromatic N) is 3. The van der Waals surface area contributed by atoms with Gasteiger partial charge in [0.1, 0.15) is 22.4 Å². The van der Waals surface area contributed by atoms with Gasteiger partial charge in [0.25, 0.3) is 11.8 Å². The maximum absolute atomic E-state index is 14.5. The van der Waals surface area contributed by atoms with Gasteiger partial charge in [0.05, 0.1) is 37.2 Å². The number of pyridine rings is 1. The van der Waals surface area contributed by atoms with E-state index in [2.05, 4.69) is 14.7 Å². The highest BCUT2D eigenvalue weighted by atomic mass is 32.1. The van der Waals surface area contributed by atoms with Gasteiger partial charge in [-0.1, -0.05) is 12.1 Å². The molecule has 2 aromatic heterocycles. The predicted molar refractivity (Wildman–Crippen MR) is 158 cm³/mol. The Morgan fingerprint density at radius 2 is 2.00 bits per heavy atom. The SMILES string of the molecule is COc1ccc(OC)c(N(C(=O)c2snc(C(N)=O)c2N)[C@@H](C(=O)NC[C@@H]2CCCO2)c2ccc3ncccc3c2)c1. The van der Waals surface area contributed by atoms with Gasteiger partial charge in [-0.3, -0.25) is 24.3 Å². The van der Waals surface area contributed by atoms with Crippen LogP contribution in [0, 0.1) is 0 Å². The number of anilines is 2. The van der Waals surface area contributed by atoms with E-state index in [0.717, 1.165) is 35.3 Å². The molecule has 0 saturated carbocycles. The molecule has 4 aromatic rings. The quantitative estimate of drug-likeness (QED) is 0.251. The van der Waals surface area contributed by atoms with E-state index in [4.69, 9.17) is 25.7 Å². The highest BCUT2D eigenvalue weighted by Crippen LogP contribution is 2.40. The van der Waals surface area contributed by atoms with Crippen LogP contribution in [0.5, 0.6) is 11.5 Å². The summed E-state index contributed by atoms with van der Waals surface area (Å²) in [6.07, 6.45) is 3.25. The lowest BCUT2D eigenvalue weighted by molar-refractivity contribution is -0.123. The van der Waals surface area contributed by atoms with Crippen LogP contribution in [0.4, 0.5) is 11.4 Å². The summed E-state index contributed by atoms with van der Waals surface area (Å²) in [5.74, 6) is -1.32. The Morgan fingerprint density at radius 1 is 1.17 bits per heavy atom. The number of ether oxygens (including phenoxy) is 3. The van der Waals surface area contributed by atoms with Gasteiger partial charge in [-0.15, -0.1) is 0 Å². The van der Waals surface area contributed by atoms with Gasteiger partial charge >= 0.3 is 0 Å². The van der Waals surface area contributed by atoms with Crippen molar-refractivity contribution in [1.82, 2.24) is 14.7 Å². The average Bonchev–Trinajstić information content (AvgIpc) is 3.67. The van der Waals surface area contributed by atoms with Crippen LogP contribution in [-0.4, -0.2) is 60.6 Å². The second-order valence-electron chi connectivity index (χ2n) is 9.59. The van der Waals surface area contributed by atoms with E-state index >= 15 is 0 Å². The number of hydrogen-bond donors (Lipinski definition) is 3. The number of rotatable bonds is 10. The molecule has 0 unspecified atom stereocenters. The van der Waals surface area contributed by atoms with E-state index in [9.17, 15) is 14.4 Å². The zero-order valence-corrected chi connectivity index (χ0v) is 23.8. The van der Waals surface area contributed by atoms with Gasteiger partial charge in [0, 0.05) is 30.8 Å². The number of carbonyl (C=O) groups is 3. The molecule has 2 atom stereocenters. The number of aromatic nitrogens is 2. The lowest BCUT2D eigenvalue weighted by Crippen LogP contribution is -2.45. The molecule has 0 spiro atoms. The van der Waals surface area contributed by atoms with Crippen molar-refractivity contribution in [3.63, 3.8) is 0 Å². The van der Waals surface area contributed by atoms with E-state index < -0.39 is 23.8 Å². The number of benzene rings is 2. The van der Waals surface area contributed by atoms with Crippen LogP contribution in [0.25, 0.3) is 10.9 Å². The number of carbonyl (C=O) groups excluding carboxylic acids is 3. The first kappa shape index (κ1) is 28.8. The smallest absolute Gasteiger partial charge is 0.273 e. The van der Waals surface area contributed by atoms with Gasteiger partial charge in [-0.25, -0.2) is 0 Å². The topological polar surface area (TPSA) is 172 Å². The highest BCUT2D eigenvalue weighted by molar-refractivity contribution is 7.09. The van der Waals surface area contributed by atoms with Crippen molar-refractivity contribution in [2.75, 3.05) is 38.0 Å². The molecule has 3 amide bonds. The zero-order chi connectivity index (χ0) is 29.8. The minimum absolute atomic E-state index is 0.0620. The van der Waals surface area contributed by atoms with Gasteiger partial charge in [0.2, 0.25) is 5.91 Å². The van der Waals surface area contributed by atoms with E-state index in [1.807, 2.05) is 6.07 Å². The summed E-state index contributed by atoms with van der Waals surface area (Å²) >= 11 is 0.719. The van der Waals surface area contributed by atoms with Gasteiger partial charge < -0.3 is 31.0 Å². The Balaban J connectivity index is 1.70. The van der Waals surface area contributed by atoms with E-state index in [-0.39, 0.29) is 34.6 Å². The zero-order valence-electron chi connectivity index (χ0n) is 23.0. The molecule has 5 N–H and O–H groups in total. The molecular weight excluding hydrogens is 560 g/mol. The lowest BCUT2D eigenvalue weighted by Gasteiger charge is -2.32. The van der Waals surface area contributed by atoms with Gasteiger partial charge in [-0.2, -0.15) is 4.37 Å². The van der Waals surface area contributed by atoms with Crippen molar-refractivity contribution in [2.24, 2.45) is 5.73 Å². The van der Waals surface area contributed by atoms with Crippen molar-refractivity contribution in [3.05, 3.63) is 70.9 Å². The third-order valence-corrected chi connectivity index (χ3v) is 7.85. The van der Waals surface area contributed by atoms with Crippen LogP contribution in [0.3, 0.4) is 0 Å². The summed E-state index contributed by atoms with van der Waals surface area (Å²) in [6, 6.07) is 12.6. The number of nitrogens with two attached hydrogens (primary N) is 2. The number of methoxy groups -OCH3 is 2. The standard InChI is InChI=1S/C29H30N6O6S/c1-39-18-8-10-22(40-2)21(14-18)35(29(38)26-23(30)24(27(31)36)34-42-26)25(28(37)33-15-19-6-4-12-41-19)17-7-9-20-16(13-17)5-3-11-32-20/h3,5,7-11,13-14,19,25H,4,6,12,15,30H2,1-2H3,(H2,31,36)(H,33,37)/t19-,25+/m0/s1. The molecule has 0 bridgehead atoms. The summed E-state index contributed by atoms with van der Waals surface area (Å²) in [5, 5.41) is 3.74. The largest absolute Gasteiger partial charge is 0.497 e. The molecule has 1 aliphatic rings. The molecule has 0 radical (unpaired) electrons. The van der Waals surface area contributed by atoms with Crippen LogP contribution in [0.15, 0.2) is 54.7 Å². The molecule has 2 aromatic carbocycles. The molecule has 12 nitrogen and oxygen atoms in total. The summed E-state index contributed by atoms with van der Waals surface area (Å²) in [7, 11) is 2.94. The first-order valence-electron chi connectivity index (χ1n) is 13.2. The molecule has 0 aliphatic carbocycles. The number of hydrogen-bond acceptors (Lipinski definition) is 10. The molecule has 13 heteroatoms. The predicted octanol–water partition coefficient (Wildman–Crippen LogP) is 3.07. The van der Waals surface area contributed by atoms with Crippen molar-refractivity contribution >= 4 is 51.5 Å². The summed E-state index contributed by atoms with van der Waals surface area (Å²) in [5.41, 5.74) is 12.7. The first-order valence-corrected chi connectivity index (χ1v) is 13.9. The van der Waals surface area contributed by atoms with E-state index in [1.54, 1.807) is 48.7 Å². The van der Waals surface area contributed by atoms with Gasteiger partial charge in [0.15, 0.2) is 5.69 Å². The number of nitrogens with one attached hydrogen (secondary N) is 1.